The molecule has 102 valence electrons. The highest BCUT2D eigenvalue weighted by molar-refractivity contribution is 7.99. The van der Waals surface area contributed by atoms with Crippen LogP contribution < -0.4 is 5.32 Å². The first-order valence-corrected chi connectivity index (χ1v) is 7.75. The van der Waals surface area contributed by atoms with Crippen LogP contribution in [0, 0.1) is 0 Å². The van der Waals surface area contributed by atoms with E-state index >= 15 is 0 Å². The monoisotopic (exact) mass is 287 g/mol. The maximum atomic E-state index is 6.27. The van der Waals surface area contributed by atoms with Crippen molar-refractivity contribution >= 4 is 23.4 Å². The fourth-order valence-electron chi connectivity index (χ4n) is 1.56. The van der Waals surface area contributed by atoms with E-state index in [1.807, 2.05) is 23.9 Å². The molecule has 0 aliphatic heterocycles. The Bertz CT molecular complexity index is 347. The number of unbranched alkanes of at least 4 members (excludes halogenated alkanes) is 1. The number of halogens is 1. The van der Waals surface area contributed by atoms with E-state index in [1.54, 1.807) is 7.11 Å². The van der Waals surface area contributed by atoms with Crippen molar-refractivity contribution in [2.24, 2.45) is 0 Å². The number of ether oxygens (including phenoxy) is 1. The molecule has 0 heterocycles. The Balaban J connectivity index is 2.56. The van der Waals surface area contributed by atoms with Gasteiger partial charge in [0.25, 0.3) is 0 Å². The molecule has 0 aliphatic carbocycles. The van der Waals surface area contributed by atoms with Crippen molar-refractivity contribution in [1.29, 1.82) is 0 Å². The fraction of sp³-hybridized carbons (Fsp3) is 0.571. The van der Waals surface area contributed by atoms with Crippen LogP contribution in [0.3, 0.4) is 0 Å². The normalized spacial score (nSPS) is 10.8. The van der Waals surface area contributed by atoms with Gasteiger partial charge >= 0.3 is 0 Å². The molecule has 0 saturated carbocycles. The first-order valence-electron chi connectivity index (χ1n) is 6.39. The zero-order valence-electron chi connectivity index (χ0n) is 11.2. The first kappa shape index (κ1) is 15.8. The van der Waals surface area contributed by atoms with Crippen LogP contribution in [0.25, 0.3) is 0 Å². The van der Waals surface area contributed by atoms with Crippen molar-refractivity contribution < 1.29 is 4.74 Å². The van der Waals surface area contributed by atoms with E-state index in [-0.39, 0.29) is 0 Å². The van der Waals surface area contributed by atoms with Crippen LogP contribution in [0.15, 0.2) is 23.1 Å². The molecule has 0 aliphatic rings. The summed E-state index contributed by atoms with van der Waals surface area (Å²) in [7, 11) is 1.71. The highest BCUT2D eigenvalue weighted by atomic mass is 35.5. The Morgan fingerprint density at radius 1 is 1.39 bits per heavy atom. The van der Waals surface area contributed by atoms with Crippen LogP contribution in [-0.2, 0) is 11.3 Å². The van der Waals surface area contributed by atoms with Crippen molar-refractivity contribution in [3.8, 4) is 0 Å². The van der Waals surface area contributed by atoms with Gasteiger partial charge < -0.3 is 10.1 Å². The number of methoxy groups -OCH3 is 1. The lowest BCUT2D eigenvalue weighted by molar-refractivity contribution is 0.199. The second kappa shape index (κ2) is 9.68. The van der Waals surface area contributed by atoms with Gasteiger partial charge in [-0.15, -0.1) is 11.8 Å². The molecule has 0 aromatic heterocycles. The maximum Gasteiger partial charge on any atom is 0.0587 e. The summed E-state index contributed by atoms with van der Waals surface area (Å²) in [6.45, 7) is 4.59. The molecule has 0 spiro atoms. The lowest BCUT2D eigenvalue weighted by Gasteiger charge is -2.12. The summed E-state index contributed by atoms with van der Waals surface area (Å²) in [6, 6.07) is 6.13. The van der Waals surface area contributed by atoms with Crippen LogP contribution in [0.1, 0.15) is 25.3 Å². The third kappa shape index (κ3) is 5.61. The summed E-state index contributed by atoms with van der Waals surface area (Å²) in [5.74, 6) is 1.15. The van der Waals surface area contributed by atoms with E-state index < -0.39 is 0 Å². The van der Waals surface area contributed by atoms with Crippen LogP contribution in [0.2, 0.25) is 5.02 Å². The molecule has 0 atom stereocenters. The molecular formula is C14H22ClNOS. The molecule has 0 fully saturated rings. The molecule has 1 rings (SSSR count). The molecule has 0 saturated heterocycles. The van der Waals surface area contributed by atoms with Crippen LogP contribution in [-0.4, -0.2) is 26.0 Å². The van der Waals surface area contributed by atoms with Crippen molar-refractivity contribution in [2.75, 3.05) is 26.0 Å². The third-order valence-corrected chi connectivity index (χ3v) is 4.16. The van der Waals surface area contributed by atoms with E-state index in [2.05, 4.69) is 18.3 Å². The second-order valence-corrected chi connectivity index (χ2v) is 5.63. The summed E-state index contributed by atoms with van der Waals surface area (Å²) in [5.41, 5.74) is 1.20. The summed E-state index contributed by atoms with van der Waals surface area (Å²) in [4.78, 5) is 1.29. The SMILES string of the molecule is CCCCSc1cccc(Cl)c1CNCCOC. The minimum atomic E-state index is 0.725. The molecule has 4 heteroatoms. The molecule has 0 bridgehead atoms. The zero-order valence-corrected chi connectivity index (χ0v) is 12.7. The molecular weight excluding hydrogens is 266 g/mol. The Morgan fingerprint density at radius 2 is 2.22 bits per heavy atom. The van der Waals surface area contributed by atoms with Crippen molar-refractivity contribution in [2.45, 2.75) is 31.2 Å². The van der Waals surface area contributed by atoms with Gasteiger partial charge in [0, 0.05) is 30.1 Å². The van der Waals surface area contributed by atoms with Gasteiger partial charge in [0.2, 0.25) is 0 Å². The number of thioether (sulfide) groups is 1. The Kier molecular flexibility index (Phi) is 8.51. The van der Waals surface area contributed by atoms with E-state index in [0.717, 1.165) is 30.5 Å². The standard InChI is InChI=1S/C14H22ClNOS/c1-3-4-10-18-14-7-5-6-13(15)12(14)11-16-8-9-17-2/h5-7,16H,3-4,8-11H2,1-2H3. The van der Waals surface area contributed by atoms with E-state index in [4.69, 9.17) is 16.3 Å². The van der Waals surface area contributed by atoms with E-state index in [0.29, 0.717) is 0 Å². The summed E-state index contributed by atoms with van der Waals surface area (Å²) >= 11 is 8.16. The minimum Gasteiger partial charge on any atom is -0.383 e. The topological polar surface area (TPSA) is 21.3 Å². The molecule has 18 heavy (non-hydrogen) atoms. The molecule has 0 unspecified atom stereocenters. The predicted molar refractivity (Wildman–Crippen MR) is 80.7 cm³/mol. The van der Waals surface area contributed by atoms with Gasteiger partial charge in [-0.3, -0.25) is 0 Å². The highest BCUT2D eigenvalue weighted by Gasteiger charge is 2.06. The lowest BCUT2D eigenvalue weighted by Crippen LogP contribution is -2.19. The van der Waals surface area contributed by atoms with Gasteiger partial charge in [-0.05, 0) is 29.9 Å². The Labute approximate surface area is 119 Å². The average molecular weight is 288 g/mol. The maximum absolute atomic E-state index is 6.27. The van der Waals surface area contributed by atoms with Gasteiger partial charge in [-0.1, -0.05) is 31.0 Å². The van der Waals surface area contributed by atoms with Crippen molar-refractivity contribution in [3.05, 3.63) is 28.8 Å². The van der Waals surface area contributed by atoms with Gasteiger partial charge in [0.05, 0.1) is 6.61 Å². The number of hydrogen-bond acceptors (Lipinski definition) is 3. The number of benzene rings is 1. The molecule has 1 aromatic rings. The Morgan fingerprint density at radius 3 is 2.94 bits per heavy atom. The van der Waals surface area contributed by atoms with E-state index in [1.165, 1.54) is 23.3 Å². The van der Waals surface area contributed by atoms with Gasteiger partial charge in [0.15, 0.2) is 0 Å². The van der Waals surface area contributed by atoms with Gasteiger partial charge in [-0.2, -0.15) is 0 Å². The van der Waals surface area contributed by atoms with Gasteiger partial charge in [-0.25, -0.2) is 0 Å². The van der Waals surface area contributed by atoms with E-state index in [9.17, 15) is 0 Å². The minimum absolute atomic E-state index is 0.725. The fourth-order valence-corrected chi connectivity index (χ4v) is 3.04. The summed E-state index contributed by atoms with van der Waals surface area (Å²) in [6.07, 6.45) is 2.47. The average Bonchev–Trinajstić information content (AvgIpc) is 2.37. The lowest BCUT2D eigenvalue weighted by atomic mass is 10.2. The highest BCUT2D eigenvalue weighted by Crippen LogP contribution is 2.29. The number of hydrogen-bond donors (Lipinski definition) is 1. The first-order chi connectivity index (χ1) is 8.79. The van der Waals surface area contributed by atoms with Crippen molar-refractivity contribution in [1.82, 2.24) is 5.32 Å². The smallest absolute Gasteiger partial charge is 0.0587 e. The summed E-state index contributed by atoms with van der Waals surface area (Å²) in [5, 5.41) is 4.20. The quantitative estimate of drug-likeness (QED) is 0.548. The largest absolute Gasteiger partial charge is 0.383 e. The third-order valence-electron chi connectivity index (χ3n) is 2.62. The molecule has 2 nitrogen and oxygen atoms in total. The van der Waals surface area contributed by atoms with Crippen LogP contribution in [0.4, 0.5) is 0 Å². The number of rotatable bonds is 9. The molecule has 1 aromatic carbocycles. The summed E-state index contributed by atoms with van der Waals surface area (Å²) < 4.78 is 5.02. The Hall–Kier alpha value is -0.220. The number of nitrogens with one attached hydrogen (secondary N) is 1. The molecule has 0 radical (unpaired) electrons. The van der Waals surface area contributed by atoms with Gasteiger partial charge in [0.1, 0.15) is 0 Å². The predicted octanol–water partition coefficient (Wildman–Crippen LogP) is 3.97. The van der Waals surface area contributed by atoms with Crippen LogP contribution in [0.5, 0.6) is 0 Å². The second-order valence-electron chi connectivity index (χ2n) is 4.09. The van der Waals surface area contributed by atoms with Crippen molar-refractivity contribution in [3.63, 3.8) is 0 Å². The molecule has 1 N–H and O–H groups in total. The zero-order chi connectivity index (χ0) is 13.2. The molecule has 0 amide bonds. The van der Waals surface area contributed by atoms with Crippen LogP contribution >= 0.6 is 23.4 Å².